The highest BCUT2D eigenvalue weighted by molar-refractivity contribution is 5.55. The molecular weight excluding hydrogens is 377 g/mol. The second kappa shape index (κ2) is 8.97. The highest BCUT2D eigenvalue weighted by Crippen LogP contribution is 2.37. The molecule has 3 nitrogen and oxygen atoms in total. The van der Waals surface area contributed by atoms with Crippen molar-refractivity contribution >= 4 is 11.4 Å². The molecule has 0 saturated heterocycles. The number of benzene rings is 2. The Balaban J connectivity index is 2.41. The maximum absolute atomic E-state index is 13.5. The van der Waals surface area contributed by atoms with E-state index >= 15 is 0 Å². The summed E-state index contributed by atoms with van der Waals surface area (Å²) in [6.07, 6.45) is -1.77. The normalized spacial score (nSPS) is 13.2. The number of unbranched alkanes of at least 4 members (excludes halogenated alkanes) is 1. The van der Waals surface area contributed by atoms with Crippen LogP contribution in [0.1, 0.15) is 58.6 Å². The van der Waals surface area contributed by atoms with Crippen LogP contribution in [0.3, 0.4) is 0 Å². The number of nitrogen functional groups attached to an aromatic ring is 1. The molecule has 2 aromatic carbocycles. The summed E-state index contributed by atoms with van der Waals surface area (Å²) in [5.41, 5.74) is 6.90. The molecule has 6 heteroatoms. The Morgan fingerprint density at radius 2 is 1.76 bits per heavy atom. The van der Waals surface area contributed by atoms with Crippen LogP contribution in [0.4, 0.5) is 24.5 Å². The molecule has 0 aromatic heterocycles. The molecule has 1 atom stereocenters. The molecule has 2 aromatic rings. The van der Waals surface area contributed by atoms with Gasteiger partial charge in [0, 0.05) is 23.5 Å². The molecule has 2 rings (SSSR count). The lowest BCUT2D eigenvalue weighted by Gasteiger charge is -2.29. The SMILES string of the molecule is CCCCc1cc(N)ccc1Oc1cc(NC(C)C(C)(C)C)cc(C(F)(F)F)c1. The van der Waals surface area contributed by atoms with Crippen molar-refractivity contribution in [3.63, 3.8) is 0 Å². The molecule has 0 aliphatic heterocycles. The largest absolute Gasteiger partial charge is 0.457 e. The second-order valence-corrected chi connectivity index (χ2v) is 8.55. The van der Waals surface area contributed by atoms with Crippen LogP contribution < -0.4 is 15.8 Å². The highest BCUT2D eigenvalue weighted by atomic mass is 19.4. The molecule has 0 radical (unpaired) electrons. The van der Waals surface area contributed by atoms with Gasteiger partial charge in [-0.25, -0.2) is 0 Å². The van der Waals surface area contributed by atoms with Gasteiger partial charge in [0.1, 0.15) is 11.5 Å². The minimum absolute atomic E-state index is 0.0320. The molecule has 29 heavy (non-hydrogen) atoms. The number of nitrogens with one attached hydrogen (secondary N) is 1. The number of rotatable bonds is 7. The summed E-state index contributed by atoms with van der Waals surface area (Å²) in [5, 5.41) is 3.18. The van der Waals surface area contributed by atoms with E-state index in [0.29, 0.717) is 17.1 Å². The summed E-state index contributed by atoms with van der Waals surface area (Å²) < 4.78 is 46.3. The van der Waals surface area contributed by atoms with Crippen molar-refractivity contribution < 1.29 is 17.9 Å². The van der Waals surface area contributed by atoms with Crippen molar-refractivity contribution in [3.05, 3.63) is 47.5 Å². The summed E-state index contributed by atoms with van der Waals surface area (Å²) in [7, 11) is 0. The zero-order valence-corrected chi connectivity index (χ0v) is 17.8. The third-order valence-electron chi connectivity index (χ3n) is 5.03. The minimum Gasteiger partial charge on any atom is -0.457 e. The standard InChI is InChI=1S/C23H31F3N2O/c1-6-7-8-16-11-18(27)9-10-21(16)29-20-13-17(23(24,25)26)12-19(14-20)28-15(2)22(3,4)5/h9-15,28H,6-8,27H2,1-5H3. The number of hydrogen-bond acceptors (Lipinski definition) is 3. The average Bonchev–Trinajstić information content (AvgIpc) is 2.60. The first kappa shape index (κ1) is 22.9. The van der Waals surface area contributed by atoms with Crippen LogP contribution in [0.25, 0.3) is 0 Å². The third-order valence-corrected chi connectivity index (χ3v) is 5.03. The smallest absolute Gasteiger partial charge is 0.416 e. The van der Waals surface area contributed by atoms with E-state index in [0.717, 1.165) is 37.0 Å². The second-order valence-electron chi connectivity index (χ2n) is 8.55. The number of aryl methyl sites for hydroxylation is 1. The zero-order valence-electron chi connectivity index (χ0n) is 17.8. The quantitative estimate of drug-likeness (QED) is 0.474. The lowest BCUT2D eigenvalue weighted by atomic mass is 9.88. The molecule has 0 heterocycles. The Kier molecular flexibility index (Phi) is 7.09. The van der Waals surface area contributed by atoms with Crippen molar-refractivity contribution in [2.24, 2.45) is 5.41 Å². The maximum Gasteiger partial charge on any atom is 0.416 e. The Morgan fingerprint density at radius 3 is 2.34 bits per heavy atom. The first-order chi connectivity index (χ1) is 13.4. The first-order valence-corrected chi connectivity index (χ1v) is 9.95. The van der Waals surface area contributed by atoms with Crippen LogP contribution in [0.2, 0.25) is 0 Å². The number of anilines is 2. The van der Waals surface area contributed by atoms with E-state index in [1.54, 1.807) is 18.2 Å². The van der Waals surface area contributed by atoms with Gasteiger partial charge in [0.2, 0.25) is 0 Å². The summed E-state index contributed by atoms with van der Waals surface area (Å²) in [6.45, 7) is 10.1. The average molecular weight is 409 g/mol. The molecule has 0 fully saturated rings. The van der Waals surface area contributed by atoms with Crippen LogP contribution >= 0.6 is 0 Å². The summed E-state index contributed by atoms with van der Waals surface area (Å²) in [5.74, 6) is 0.674. The van der Waals surface area contributed by atoms with Gasteiger partial charge in [-0.15, -0.1) is 0 Å². The zero-order chi connectivity index (χ0) is 21.8. The van der Waals surface area contributed by atoms with E-state index in [9.17, 15) is 13.2 Å². The number of hydrogen-bond donors (Lipinski definition) is 2. The van der Waals surface area contributed by atoms with Crippen LogP contribution in [-0.2, 0) is 12.6 Å². The van der Waals surface area contributed by atoms with E-state index in [2.05, 4.69) is 12.2 Å². The molecule has 3 N–H and O–H groups in total. The number of alkyl halides is 3. The van der Waals surface area contributed by atoms with Crippen molar-refractivity contribution in [2.75, 3.05) is 11.1 Å². The van der Waals surface area contributed by atoms with E-state index in [1.807, 2.05) is 33.8 Å². The van der Waals surface area contributed by atoms with Gasteiger partial charge in [-0.3, -0.25) is 0 Å². The topological polar surface area (TPSA) is 47.3 Å². The third kappa shape index (κ3) is 6.58. The fraction of sp³-hybridized carbons (Fsp3) is 0.478. The number of halogens is 3. The predicted molar refractivity (Wildman–Crippen MR) is 114 cm³/mol. The Morgan fingerprint density at radius 1 is 1.07 bits per heavy atom. The molecule has 0 spiro atoms. The van der Waals surface area contributed by atoms with Gasteiger partial charge in [-0.2, -0.15) is 13.2 Å². The van der Waals surface area contributed by atoms with Gasteiger partial charge in [0.25, 0.3) is 0 Å². The van der Waals surface area contributed by atoms with Gasteiger partial charge in [-0.05, 0) is 61.1 Å². The van der Waals surface area contributed by atoms with E-state index in [-0.39, 0.29) is 17.2 Å². The monoisotopic (exact) mass is 408 g/mol. The van der Waals surface area contributed by atoms with E-state index in [1.165, 1.54) is 0 Å². The molecule has 0 aliphatic carbocycles. The molecular formula is C23H31F3N2O. The van der Waals surface area contributed by atoms with Gasteiger partial charge >= 0.3 is 6.18 Å². The van der Waals surface area contributed by atoms with Gasteiger partial charge in [-0.1, -0.05) is 34.1 Å². The summed E-state index contributed by atoms with van der Waals surface area (Å²) >= 11 is 0. The molecule has 0 aliphatic rings. The molecule has 0 bridgehead atoms. The van der Waals surface area contributed by atoms with Gasteiger partial charge in [0.05, 0.1) is 5.56 Å². The van der Waals surface area contributed by atoms with Crippen molar-refractivity contribution in [2.45, 2.75) is 66.1 Å². The maximum atomic E-state index is 13.5. The summed E-state index contributed by atoms with van der Waals surface area (Å²) in [4.78, 5) is 0. The van der Waals surface area contributed by atoms with Crippen LogP contribution in [0, 0.1) is 5.41 Å². The lowest BCUT2D eigenvalue weighted by molar-refractivity contribution is -0.137. The molecule has 0 amide bonds. The molecule has 160 valence electrons. The first-order valence-electron chi connectivity index (χ1n) is 9.95. The Bertz CT molecular complexity index is 826. The van der Waals surface area contributed by atoms with Crippen LogP contribution in [0.5, 0.6) is 11.5 Å². The fourth-order valence-corrected chi connectivity index (χ4v) is 2.76. The molecule has 1 unspecified atom stereocenters. The lowest BCUT2D eigenvalue weighted by Crippen LogP contribution is -2.30. The van der Waals surface area contributed by atoms with E-state index in [4.69, 9.17) is 10.5 Å². The Labute approximate surface area is 171 Å². The van der Waals surface area contributed by atoms with Crippen molar-refractivity contribution in [1.82, 2.24) is 0 Å². The molecule has 0 saturated carbocycles. The van der Waals surface area contributed by atoms with Crippen molar-refractivity contribution in [1.29, 1.82) is 0 Å². The highest BCUT2D eigenvalue weighted by Gasteiger charge is 2.32. The van der Waals surface area contributed by atoms with Gasteiger partial charge in [0.15, 0.2) is 0 Å². The predicted octanol–water partition coefficient (Wildman–Crippen LogP) is 7.27. The number of ether oxygens (including phenoxy) is 1. The van der Waals surface area contributed by atoms with Crippen LogP contribution in [0.15, 0.2) is 36.4 Å². The van der Waals surface area contributed by atoms with Gasteiger partial charge < -0.3 is 15.8 Å². The van der Waals surface area contributed by atoms with Crippen molar-refractivity contribution in [3.8, 4) is 11.5 Å². The summed E-state index contributed by atoms with van der Waals surface area (Å²) in [6, 6.07) is 8.96. The fourth-order valence-electron chi connectivity index (χ4n) is 2.76. The minimum atomic E-state index is -4.47. The van der Waals surface area contributed by atoms with E-state index < -0.39 is 11.7 Å². The number of nitrogens with two attached hydrogens (primary N) is 1. The Hall–Kier alpha value is -2.37. The van der Waals surface area contributed by atoms with Crippen LogP contribution in [-0.4, -0.2) is 6.04 Å².